The number of benzene rings is 1. The summed E-state index contributed by atoms with van der Waals surface area (Å²) in [5, 5.41) is 1.43. The van der Waals surface area contributed by atoms with Crippen molar-refractivity contribution in [2.75, 3.05) is 18.8 Å². The Kier molecular flexibility index (Phi) is 2.86. The molecule has 4 heterocycles. The summed E-state index contributed by atoms with van der Waals surface area (Å²) in [6.07, 6.45) is 3.45. The van der Waals surface area contributed by atoms with Crippen LogP contribution in [0, 0.1) is 11.8 Å². The van der Waals surface area contributed by atoms with Gasteiger partial charge in [-0.2, -0.15) is 5.06 Å². The maximum absolute atomic E-state index is 13.4. The second-order valence-electron chi connectivity index (χ2n) is 7.03. The summed E-state index contributed by atoms with van der Waals surface area (Å²) >= 11 is 0. The zero-order valence-electron chi connectivity index (χ0n) is 13.9. The van der Waals surface area contributed by atoms with E-state index in [9.17, 15) is 4.79 Å². The van der Waals surface area contributed by atoms with Gasteiger partial charge in [0.15, 0.2) is 0 Å². The molecule has 2 saturated heterocycles. The summed E-state index contributed by atoms with van der Waals surface area (Å²) < 4.78 is 6.22. The first-order valence-electron chi connectivity index (χ1n) is 8.54. The molecule has 24 heavy (non-hydrogen) atoms. The van der Waals surface area contributed by atoms with Crippen molar-refractivity contribution in [2.24, 2.45) is 16.8 Å². The number of carbonyl (C=O) groups excluding carboxylic acids is 1. The lowest BCUT2D eigenvalue weighted by Crippen LogP contribution is -2.50. The van der Waals surface area contributed by atoms with Crippen LogP contribution in [0.5, 0.6) is 0 Å². The number of hydroxylamine groups is 1. The van der Waals surface area contributed by atoms with Gasteiger partial charge in [0.05, 0.1) is 25.5 Å². The van der Waals surface area contributed by atoms with Crippen molar-refractivity contribution in [3.05, 3.63) is 41.6 Å². The van der Waals surface area contributed by atoms with Crippen molar-refractivity contribution < 1.29 is 14.4 Å². The number of allylic oxidation sites excluding steroid dienone is 2. The van der Waals surface area contributed by atoms with E-state index in [1.807, 2.05) is 31.2 Å². The number of amides is 1. The van der Waals surface area contributed by atoms with Gasteiger partial charge in [-0.3, -0.25) is 14.6 Å². The third-order valence-corrected chi connectivity index (χ3v) is 6.17. The fraction of sp³-hybridized carbons (Fsp3) is 0.474. The van der Waals surface area contributed by atoms with Crippen LogP contribution in [0.25, 0.3) is 0 Å². The fourth-order valence-corrected chi connectivity index (χ4v) is 5.08. The van der Waals surface area contributed by atoms with Gasteiger partial charge in [-0.15, -0.1) is 0 Å². The standard InChI is InChI=1S/C19H20N2O3/c1-3-14-11-8-17-19(9-15(20-14)12(11)10-24-17)13-6-4-5-7-16(13)21(23-2)18(19)22/h3-7,11-12,17H,8-10H2,1-2H3/b14-3+/t11-,12+,17-,19+/m1/s1. The van der Waals surface area contributed by atoms with E-state index >= 15 is 0 Å². The van der Waals surface area contributed by atoms with Gasteiger partial charge in [0.25, 0.3) is 5.91 Å². The molecular formula is C19H20N2O3. The number of fused-ring (bicyclic) bond motifs is 2. The van der Waals surface area contributed by atoms with E-state index in [0.29, 0.717) is 24.9 Å². The van der Waals surface area contributed by atoms with Gasteiger partial charge in [-0.1, -0.05) is 24.3 Å². The third-order valence-electron chi connectivity index (χ3n) is 6.17. The molecular weight excluding hydrogens is 304 g/mol. The monoisotopic (exact) mass is 324 g/mol. The first-order chi connectivity index (χ1) is 11.7. The number of rotatable bonds is 1. The van der Waals surface area contributed by atoms with Crippen LogP contribution in [-0.2, 0) is 19.8 Å². The number of anilines is 1. The van der Waals surface area contributed by atoms with Crippen molar-refractivity contribution in [1.29, 1.82) is 0 Å². The Labute approximate surface area is 140 Å². The highest BCUT2D eigenvalue weighted by Gasteiger charge is 2.63. The SMILES string of the molecule is C/C=C1/N=C2C[C@@]3(C(=O)N(OC)c4ccccc43)[C@H]3C[C@@H]1[C@@H]2CO3. The minimum atomic E-state index is -0.700. The molecule has 3 fully saturated rings. The molecule has 0 N–H and O–H groups in total. The van der Waals surface area contributed by atoms with Gasteiger partial charge in [0.2, 0.25) is 0 Å². The number of ether oxygens (including phenoxy) is 1. The number of para-hydroxylation sites is 1. The molecule has 5 aliphatic rings. The second-order valence-corrected chi connectivity index (χ2v) is 7.03. The molecule has 6 rings (SSSR count). The van der Waals surface area contributed by atoms with Crippen molar-refractivity contribution in [3.8, 4) is 0 Å². The molecule has 5 nitrogen and oxygen atoms in total. The average Bonchev–Trinajstić information content (AvgIpc) is 2.96. The maximum atomic E-state index is 13.4. The van der Waals surface area contributed by atoms with Crippen LogP contribution in [0.1, 0.15) is 25.3 Å². The van der Waals surface area contributed by atoms with Gasteiger partial charge < -0.3 is 4.74 Å². The highest BCUT2D eigenvalue weighted by molar-refractivity contribution is 6.11. The van der Waals surface area contributed by atoms with Crippen LogP contribution in [-0.4, -0.2) is 31.4 Å². The Balaban J connectivity index is 1.73. The molecule has 0 aromatic heterocycles. The van der Waals surface area contributed by atoms with E-state index in [2.05, 4.69) is 6.08 Å². The molecule has 1 spiro atoms. The van der Waals surface area contributed by atoms with Crippen molar-refractivity contribution in [2.45, 2.75) is 31.3 Å². The van der Waals surface area contributed by atoms with E-state index in [0.717, 1.165) is 23.4 Å². The fourth-order valence-electron chi connectivity index (χ4n) is 5.08. The highest BCUT2D eigenvalue weighted by atomic mass is 16.7. The van der Waals surface area contributed by atoms with Gasteiger partial charge in [-0.25, -0.2) is 0 Å². The zero-order valence-corrected chi connectivity index (χ0v) is 13.9. The number of aliphatic imine (C=N–C) groups is 1. The molecule has 1 saturated carbocycles. The molecule has 5 heteroatoms. The molecule has 4 aliphatic heterocycles. The predicted octanol–water partition coefficient (Wildman–Crippen LogP) is 2.62. The van der Waals surface area contributed by atoms with Crippen LogP contribution < -0.4 is 5.06 Å². The van der Waals surface area contributed by atoms with Crippen molar-refractivity contribution in [3.63, 3.8) is 0 Å². The number of carbonyl (C=O) groups is 1. The number of hydrogen-bond donors (Lipinski definition) is 0. The zero-order chi connectivity index (χ0) is 16.5. The van der Waals surface area contributed by atoms with E-state index in [1.165, 1.54) is 10.8 Å². The summed E-state index contributed by atoms with van der Waals surface area (Å²) in [6.45, 7) is 2.71. The molecule has 1 amide bonds. The lowest BCUT2D eigenvalue weighted by molar-refractivity contribution is -0.137. The lowest BCUT2D eigenvalue weighted by atomic mass is 9.72. The van der Waals surface area contributed by atoms with Crippen molar-refractivity contribution >= 4 is 17.3 Å². The third kappa shape index (κ3) is 1.52. The minimum Gasteiger partial charge on any atom is -0.376 e. The van der Waals surface area contributed by atoms with Crippen LogP contribution >= 0.6 is 0 Å². The van der Waals surface area contributed by atoms with Crippen LogP contribution in [0.2, 0.25) is 0 Å². The van der Waals surface area contributed by atoms with Crippen LogP contribution in [0.4, 0.5) is 5.69 Å². The van der Waals surface area contributed by atoms with Gasteiger partial charge in [-0.05, 0) is 25.0 Å². The quantitative estimate of drug-likeness (QED) is 0.798. The van der Waals surface area contributed by atoms with Crippen molar-refractivity contribution in [1.82, 2.24) is 0 Å². The van der Waals surface area contributed by atoms with Crippen LogP contribution in [0.3, 0.4) is 0 Å². The summed E-state index contributed by atoms with van der Waals surface area (Å²) in [7, 11) is 1.55. The summed E-state index contributed by atoms with van der Waals surface area (Å²) in [5.74, 6) is 0.692. The Morgan fingerprint density at radius 1 is 1.38 bits per heavy atom. The van der Waals surface area contributed by atoms with E-state index < -0.39 is 5.41 Å². The van der Waals surface area contributed by atoms with Gasteiger partial charge >= 0.3 is 0 Å². The highest BCUT2D eigenvalue weighted by Crippen LogP contribution is 2.56. The molecule has 0 unspecified atom stereocenters. The average molecular weight is 324 g/mol. The Hall–Kier alpha value is -1.98. The molecule has 1 aliphatic carbocycles. The lowest BCUT2D eigenvalue weighted by Gasteiger charge is -2.38. The van der Waals surface area contributed by atoms with E-state index in [4.69, 9.17) is 14.6 Å². The topological polar surface area (TPSA) is 51.1 Å². The van der Waals surface area contributed by atoms with Gasteiger partial charge in [0.1, 0.15) is 5.41 Å². The van der Waals surface area contributed by atoms with Gasteiger partial charge in [0, 0.05) is 29.7 Å². The maximum Gasteiger partial charge on any atom is 0.264 e. The van der Waals surface area contributed by atoms with E-state index in [1.54, 1.807) is 7.11 Å². The number of hydrogen-bond acceptors (Lipinski definition) is 4. The Morgan fingerprint density at radius 2 is 2.21 bits per heavy atom. The second kappa shape index (κ2) is 4.77. The summed E-state index contributed by atoms with van der Waals surface area (Å²) in [6, 6.07) is 7.91. The number of nitrogens with zero attached hydrogens (tertiary/aromatic N) is 2. The minimum absolute atomic E-state index is 0.0193. The summed E-state index contributed by atoms with van der Waals surface area (Å²) in [4.78, 5) is 23.7. The first kappa shape index (κ1) is 14.4. The summed E-state index contributed by atoms with van der Waals surface area (Å²) in [5.41, 5.74) is 3.44. The Morgan fingerprint density at radius 3 is 3.00 bits per heavy atom. The molecule has 4 bridgehead atoms. The molecule has 0 radical (unpaired) electrons. The first-order valence-corrected chi connectivity index (χ1v) is 8.54. The molecule has 4 atom stereocenters. The van der Waals surface area contributed by atoms with E-state index in [-0.39, 0.29) is 12.0 Å². The largest absolute Gasteiger partial charge is 0.376 e. The normalized spacial score (nSPS) is 38.0. The van der Waals surface area contributed by atoms with Crippen LogP contribution in [0.15, 0.2) is 41.0 Å². The molecule has 1 aromatic carbocycles. The molecule has 1 aromatic rings. The smallest absolute Gasteiger partial charge is 0.264 e. The Bertz CT molecular complexity index is 800. The molecule has 124 valence electrons. The predicted molar refractivity (Wildman–Crippen MR) is 89.8 cm³/mol.